The van der Waals surface area contributed by atoms with Gasteiger partial charge in [-0.25, -0.2) is 0 Å². The van der Waals surface area contributed by atoms with Crippen molar-refractivity contribution < 1.29 is 19.3 Å². The fraction of sp³-hybridized carbons (Fsp3) is 0.250. The lowest BCUT2D eigenvalue weighted by molar-refractivity contribution is 0.108. The van der Waals surface area contributed by atoms with E-state index >= 15 is 0 Å². The molecule has 112 valence electrons. The van der Waals surface area contributed by atoms with Crippen LogP contribution >= 0.6 is 0 Å². The topological polar surface area (TPSA) is 73.9 Å². The number of methoxy groups -OCH3 is 2. The molecule has 21 heavy (non-hydrogen) atoms. The highest BCUT2D eigenvalue weighted by Gasteiger charge is 2.10. The summed E-state index contributed by atoms with van der Waals surface area (Å²) in [7, 11) is 3.14. The van der Waals surface area contributed by atoms with E-state index in [4.69, 9.17) is 19.9 Å². The van der Waals surface area contributed by atoms with Crippen LogP contribution in [0, 0.1) is 0 Å². The molecule has 1 unspecified atom stereocenters. The highest BCUT2D eigenvalue weighted by atomic mass is 16.5. The lowest BCUT2D eigenvalue weighted by Gasteiger charge is -2.14. The lowest BCUT2D eigenvalue weighted by Crippen LogP contribution is -2.10. The first-order chi connectivity index (χ1) is 10.1. The molecule has 0 aromatic heterocycles. The van der Waals surface area contributed by atoms with E-state index in [0.29, 0.717) is 28.5 Å². The standard InChI is InChI=1S/C16H19NO4/c1-19-13-7-14(20-2)9-15(8-13)21-10-16(18)11-4-3-5-12(17)6-11/h3-9,16,18H,10,17H2,1-2H3. The zero-order valence-electron chi connectivity index (χ0n) is 12.1. The summed E-state index contributed by atoms with van der Waals surface area (Å²) >= 11 is 0. The minimum atomic E-state index is -0.759. The minimum absolute atomic E-state index is 0.111. The van der Waals surface area contributed by atoms with Gasteiger partial charge in [0.15, 0.2) is 0 Å². The Bertz CT molecular complexity index is 578. The van der Waals surface area contributed by atoms with Gasteiger partial charge in [0.2, 0.25) is 0 Å². The molecular weight excluding hydrogens is 270 g/mol. The summed E-state index contributed by atoms with van der Waals surface area (Å²) in [5.74, 6) is 1.82. The number of aliphatic hydroxyl groups is 1. The number of ether oxygens (including phenoxy) is 3. The number of nitrogens with two attached hydrogens (primary N) is 1. The van der Waals surface area contributed by atoms with E-state index in [-0.39, 0.29) is 6.61 Å². The van der Waals surface area contributed by atoms with Crippen LogP contribution in [0.2, 0.25) is 0 Å². The van der Waals surface area contributed by atoms with Gasteiger partial charge in [-0.05, 0) is 17.7 Å². The zero-order valence-corrected chi connectivity index (χ0v) is 12.1. The summed E-state index contributed by atoms with van der Waals surface area (Å²) in [4.78, 5) is 0. The van der Waals surface area contributed by atoms with Gasteiger partial charge < -0.3 is 25.1 Å². The second-order valence-corrected chi connectivity index (χ2v) is 4.55. The Morgan fingerprint density at radius 3 is 2.19 bits per heavy atom. The molecule has 0 bridgehead atoms. The molecule has 0 aliphatic heterocycles. The number of hydrogen-bond donors (Lipinski definition) is 2. The van der Waals surface area contributed by atoms with Crippen LogP contribution in [0.5, 0.6) is 17.2 Å². The van der Waals surface area contributed by atoms with Crippen molar-refractivity contribution in [1.29, 1.82) is 0 Å². The highest BCUT2D eigenvalue weighted by molar-refractivity contribution is 5.43. The fourth-order valence-electron chi connectivity index (χ4n) is 1.90. The summed E-state index contributed by atoms with van der Waals surface area (Å²) in [5, 5.41) is 10.1. The van der Waals surface area contributed by atoms with Crippen LogP contribution in [0.3, 0.4) is 0 Å². The van der Waals surface area contributed by atoms with Gasteiger partial charge in [-0.2, -0.15) is 0 Å². The first-order valence-electron chi connectivity index (χ1n) is 6.51. The Balaban J connectivity index is 2.05. The molecule has 0 spiro atoms. The van der Waals surface area contributed by atoms with Crippen LogP contribution < -0.4 is 19.9 Å². The molecule has 3 N–H and O–H groups in total. The summed E-state index contributed by atoms with van der Waals surface area (Å²) in [6, 6.07) is 12.3. The first kappa shape index (κ1) is 15.0. The highest BCUT2D eigenvalue weighted by Crippen LogP contribution is 2.28. The van der Waals surface area contributed by atoms with Crippen molar-refractivity contribution in [3.8, 4) is 17.2 Å². The lowest BCUT2D eigenvalue weighted by atomic mass is 10.1. The number of anilines is 1. The van der Waals surface area contributed by atoms with Crippen molar-refractivity contribution in [2.75, 3.05) is 26.6 Å². The van der Waals surface area contributed by atoms with Crippen molar-refractivity contribution in [2.24, 2.45) is 0 Å². The molecule has 0 amide bonds. The molecule has 0 saturated heterocycles. The molecule has 5 heteroatoms. The van der Waals surface area contributed by atoms with E-state index in [0.717, 1.165) is 0 Å². The van der Waals surface area contributed by atoms with Gasteiger partial charge in [0.05, 0.1) is 14.2 Å². The largest absolute Gasteiger partial charge is 0.496 e. The average molecular weight is 289 g/mol. The van der Waals surface area contributed by atoms with Crippen LogP contribution in [0.4, 0.5) is 5.69 Å². The molecule has 0 heterocycles. The first-order valence-corrected chi connectivity index (χ1v) is 6.51. The second-order valence-electron chi connectivity index (χ2n) is 4.55. The number of hydrogen-bond acceptors (Lipinski definition) is 5. The average Bonchev–Trinajstić information content (AvgIpc) is 2.52. The van der Waals surface area contributed by atoms with Crippen molar-refractivity contribution in [1.82, 2.24) is 0 Å². The molecule has 2 aromatic carbocycles. The molecule has 0 aliphatic carbocycles. The molecule has 2 rings (SSSR count). The maximum Gasteiger partial charge on any atom is 0.126 e. The number of rotatable bonds is 6. The van der Waals surface area contributed by atoms with Crippen LogP contribution in [0.15, 0.2) is 42.5 Å². The van der Waals surface area contributed by atoms with Gasteiger partial charge >= 0.3 is 0 Å². The van der Waals surface area contributed by atoms with E-state index in [1.54, 1.807) is 56.7 Å². The van der Waals surface area contributed by atoms with Crippen molar-refractivity contribution in [3.05, 3.63) is 48.0 Å². The molecule has 0 fully saturated rings. The monoisotopic (exact) mass is 289 g/mol. The zero-order chi connectivity index (χ0) is 15.2. The van der Waals surface area contributed by atoms with Crippen LogP contribution in [-0.2, 0) is 0 Å². The second kappa shape index (κ2) is 6.85. The van der Waals surface area contributed by atoms with Gasteiger partial charge in [0.25, 0.3) is 0 Å². The smallest absolute Gasteiger partial charge is 0.126 e. The van der Waals surface area contributed by atoms with Gasteiger partial charge in [0.1, 0.15) is 30.0 Å². The van der Waals surface area contributed by atoms with Gasteiger partial charge in [0, 0.05) is 23.9 Å². The summed E-state index contributed by atoms with van der Waals surface area (Å²) in [6.07, 6.45) is -0.759. The molecule has 2 aromatic rings. The third-order valence-electron chi connectivity index (χ3n) is 3.03. The number of benzene rings is 2. The van der Waals surface area contributed by atoms with Gasteiger partial charge in [-0.3, -0.25) is 0 Å². The van der Waals surface area contributed by atoms with E-state index in [1.165, 1.54) is 0 Å². The maximum atomic E-state index is 10.1. The Kier molecular flexibility index (Phi) is 4.90. The van der Waals surface area contributed by atoms with Crippen molar-refractivity contribution >= 4 is 5.69 Å². The summed E-state index contributed by atoms with van der Waals surface area (Å²) in [5.41, 5.74) is 7.01. The van der Waals surface area contributed by atoms with E-state index in [2.05, 4.69) is 0 Å². The molecule has 0 radical (unpaired) electrons. The van der Waals surface area contributed by atoms with Gasteiger partial charge in [-0.15, -0.1) is 0 Å². The number of nitrogen functional groups attached to an aromatic ring is 1. The molecule has 0 saturated carbocycles. The third-order valence-corrected chi connectivity index (χ3v) is 3.03. The van der Waals surface area contributed by atoms with E-state index < -0.39 is 6.10 Å². The van der Waals surface area contributed by atoms with E-state index in [9.17, 15) is 5.11 Å². The molecular formula is C16H19NO4. The Labute approximate surface area is 123 Å². The molecule has 5 nitrogen and oxygen atoms in total. The predicted molar refractivity (Wildman–Crippen MR) is 80.9 cm³/mol. The molecule has 1 atom stereocenters. The quantitative estimate of drug-likeness (QED) is 0.799. The van der Waals surface area contributed by atoms with Crippen molar-refractivity contribution in [2.45, 2.75) is 6.10 Å². The van der Waals surface area contributed by atoms with Crippen molar-refractivity contribution in [3.63, 3.8) is 0 Å². The fourth-order valence-corrected chi connectivity index (χ4v) is 1.90. The Morgan fingerprint density at radius 2 is 1.62 bits per heavy atom. The third kappa shape index (κ3) is 4.03. The van der Waals surface area contributed by atoms with Gasteiger partial charge in [-0.1, -0.05) is 12.1 Å². The maximum absolute atomic E-state index is 10.1. The summed E-state index contributed by atoms with van der Waals surface area (Å²) in [6.45, 7) is 0.111. The Morgan fingerprint density at radius 1 is 1.00 bits per heavy atom. The SMILES string of the molecule is COc1cc(OC)cc(OCC(O)c2cccc(N)c2)c1. The Hall–Kier alpha value is -2.40. The number of aliphatic hydroxyl groups excluding tert-OH is 1. The van der Waals surface area contributed by atoms with Crippen LogP contribution in [0.1, 0.15) is 11.7 Å². The molecule has 0 aliphatic rings. The van der Waals surface area contributed by atoms with E-state index in [1.807, 2.05) is 0 Å². The summed E-state index contributed by atoms with van der Waals surface area (Å²) < 4.78 is 15.9. The van der Waals surface area contributed by atoms with Crippen LogP contribution in [-0.4, -0.2) is 25.9 Å². The predicted octanol–water partition coefficient (Wildman–Crippen LogP) is 2.40. The minimum Gasteiger partial charge on any atom is -0.496 e. The van der Waals surface area contributed by atoms with Crippen LogP contribution in [0.25, 0.3) is 0 Å². The normalized spacial score (nSPS) is 11.8.